The molecule has 0 saturated carbocycles. The third-order valence-electron chi connectivity index (χ3n) is 4.29. The van der Waals surface area contributed by atoms with Gasteiger partial charge in [0.1, 0.15) is 6.10 Å². The molecule has 1 amide bonds. The van der Waals surface area contributed by atoms with Crippen molar-refractivity contribution in [1.29, 1.82) is 0 Å². The van der Waals surface area contributed by atoms with Crippen molar-refractivity contribution < 1.29 is 9.90 Å². The summed E-state index contributed by atoms with van der Waals surface area (Å²) in [6.07, 6.45) is 1.44. The molecule has 3 heteroatoms. The Labute approximate surface area is 131 Å². The van der Waals surface area contributed by atoms with E-state index in [0.717, 1.165) is 40.8 Å². The Morgan fingerprint density at radius 3 is 2.59 bits per heavy atom. The lowest BCUT2D eigenvalue weighted by molar-refractivity contribution is -0.116. The summed E-state index contributed by atoms with van der Waals surface area (Å²) in [7, 11) is 0. The SMILES string of the molecule is CCc1cc2c(c(C(O)c3ccc(C)cc3)c1)NC(=O)CC2. The van der Waals surface area contributed by atoms with Gasteiger partial charge >= 0.3 is 0 Å². The van der Waals surface area contributed by atoms with Crippen LogP contribution in [0, 0.1) is 6.92 Å². The number of nitrogens with one attached hydrogen (secondary N) is 1. The van der Waals surface area contributed by atoms with Gasteiger partial charge in [0.05, 0.1) is 5.69 Å². The topological polar surface area (TPSA) is 49.3 Å². The highest BCUT2D eigenvalue weighted by Crippen LogP contribution is 2.35. The van der Waals surface area contributed by atoms with Gasteiger partial charge in [-0.1, -0.05) is 48.9 Å². The molecule has 0 bridgehead atoms. The van der Waals surface area contributed by atoms with Gasteiger partial charge in [-0.3, -0.25) is 4.79 Å². The summed E-state index contributed by atoms with van der Waals surface area (Å²) in [5, 5.41) is 13.7. The van der Waals surface area contributed by atoms with E-state index in [-0.39, 0.29) is 5.91 Å². The van der Waals surface area contributed by atoms with Crippen LogP contribution < -0.4 is 5.32 Å². The minimum Gasteiger partial charge on any atom is -0.384 e. The summed E-state index contributed by atoms with van der Waals surface area (Å²) < 4.78 is 0. The molecule has 2 N–H and O–H groups in total. The predicted octanol–water partition coefficient (Wildman–Crippen LogP) is 3.52. The second-order valence-electron chi connectivity index (χ2n) is 5.93. The number of aliphatic hydroxyl groups excluding tert-OH is 1. The van der Waals surface area contributed by atoms with Crippen molar-refractivity contribution in [1.82, 2.24) is 0 Å². The number of hydrogen-bond acceptors (Lipinski definition) is 2. The van der Waals surface area contributed by atoms with E-state index in [1.54, 1.807) is 0 Å². The summed E-state index contributed by atoms with van der Waals surface area (Å²) in [6, 6.07) is 12.0. The highest BCUT2D eigenvalue weighted by molar-refractivity contribution is 5.95. The number of fused-ring (bicyclic) bond motifs is 1. The van der Waals surface area contributed by atoms with Crippen molar-refractivity contribution in [2.24, 2.45) is 0 Å². The minimum absolute atomic E-state index is 0.0223. The zero-order chi connectivity index (χ0) is 15.7. The summed E-state index contributed by atoms with van der Waals surface area (Å²) in [4.78, 5) is 11.7. The summed E-state index contributed by atoms with van der Waals surface area (Å²) in [5.74, 6) is 0.0223. The van der Waals surface area contributed by atoms with E-state index in [1.807, 2.05) is 37.3 Å². The summed E-state index contributed by atoms with van der Waals surface area (Å²) in [5.41, 5.74) is 5.92. The van der Waals surface area contributed by atoms with E-state index in [9.17, 15) is 9.90 Å². The number of amides is 1. The Morgan fingerprint density at radius 1 is 1.18 bits per heavy atom. The standard InChI is InChI=1S/C19H21NO2/c1-3-13-10-15-8-9-17(21)20-18(15)16(11-13)19(22)14-6-4-12(2)5-7-14/h4-7,10-11,19,22H,3,8-9H2,1-2H3,(H,20,21). The van der Waals surface area contributed by atoms with Gasteiger partial charge in [0, 0.05) is 12.0 Å². The lowest BCUT2D eigenvalue weighted by atomic mass is 9.90. The number of aliphatic hydroxyl groups is 1. The van der Waals surface area contributed by atoms with Gasteiger partial charge in [-0.25, -0.2) is 0 Å². The molecule has 1 heterocycles. The number of carbonyl (C=O) groups is 1. The molecule has 1 aliphatic rings. The Hall–Kier alpha value is -2.13. The Morgan fingerprint density at radius 2 is 1.91 bits per heavy atom. The number of carbonyl (C=O) groups excluding carboxylic acids is 1. The van der Waals surface area contributed by atoms with Crippen LogP contribution in [-0.2, 0) is 17.6 Å². The highest BCUT2D eigenvalue weighted by atomic mass is 16.3. The number of anilines is 1. The maximum atomic E-state index is 11.7. The van der Waals surface area contributed by atoms with Crippen LogP contribution in [0.2, 0.25) is 0 Å². The molecule has 2 aromatic carbocycles. The smallest absolute Gasteiger partial charge is 0.224 e. The van der Waals surface area contributed by atoms with Gasteiger partial charge in [-0.05, 0) is 36.5 Å². The van der Waals surface area contributed by atoms with Crippen LogP contribution in [0.25, 0.3) is 0 Å². The van der Waals surface area contributed by atoms with E-state index in [4.69, 9.17) is 0 Å². The molecule has 0 spiro atoms. The first kappa shape index (κ1) is 14.8. The third-order valence-corrected chi connectivity index (χ3v) is 4.29. The number of aryl methyl sites for hydroxylation is 3. The normalized spacial score (nSPS) is 15.1. The van der Waals surface area contributed by atoms with Crippen LogP contribution in [0.1, 0.15) is 47.3 Å². The molecule has 3 nitrogen and oxygen atoms in total. The van der Waals surface area contributed by atoms with Crippen LogP contribution in [0.3, 0.4) is 0 Å². The molecule has 114 valence electrons. The molecule has 22 heavy (non-hydrogen) atoms. The van der Waals surface area contributed by atoms with Crippen LogP contribution >= 0.6 is 0 Å². The maximum absolute atomic E-state index is 11.7. The molecule has 2 aromatic rings. The fraction of sp³-hybridized carbons (Fsp3) is 0.316. The van der Waals surface area contributed by atoms with Crippen LogP contribution in [0.5, 0.6) is 0 Å². The zero-order valence-electron chi connectivity index (χ0n) is 13.0. The summed E-state index contributed by atoms with van der Waals surface area (Å²) in [6.45, 7) is 4.13. The van der Waals surface area contributed by atoms with Crippen molar-refractivity contribution in [2.45, 2.75) is 39.2 Å². The average molecular weight is 295 g/mol. The Balaban J connectivity index is 2.08. The molecular weight excluding hydrogens is 274 g/mol. The first-order chi connectivity index (χ1) is 10.6. The monoisotopic (exact) mass is 295 g/mol. The number of rotatable bonds is 3. The molecule has 0 radical (unpaired) electrons. The fourth-order valence-corrected chi connectivity index (χ4v) is 2.94. The van der Waals surface area contributed by atoms with E-state index < -0.39 is 6.10 Å². The van der Waals surface area contributed by atoms with Gasteiger partial charge in [0.15, 0.2) is 0 Å². The Bertz CT molecular complexity index is 704. The highest BCUT2D eigenvalue weighted by Gasteiger charge is 2.23. The predicted molar refractivity (Wildman–Crippen MR) is 88.0 cm³/mol. The van der Waals surface area contributed by atoms with Gasteiger partial charge in [-0.2, -0.15) is 0 Å². The lowest BCUT2D eigenvalue weighted by Gasteiger charge is -2.24. The van der Waals surface area contributed by atoms with Crippen molar-refractivity contribution >= 4 is 11.6 Å². The largest absolute Gasteiger partial charge is 0.384 e. The maximum Gasteiger partial charge on any atom is 0.224 e. The third kappa shape index (κ3) is 2.77. The molecule has 3 rings (SSSR count). The van der Waals surface area contributed by atoms with Crippen LogP contribution in [-0.4, -0.2) is 11.0 Å². The van der Waals surface area contributed by atoms with E-state index >= 15 is 0 Å². The molecule has 1 aliphatic heterocycles. The molecule has 0 aliphatic carbocycles. The molecule has 0 saturated heterocycles. The zero-order valence-corrected chi connectivity index (χ0v) is 13.0. The van der Waals surface area contributed by atoms with Gasteiger partial charge < -0.3 is 10.4 Å². The van der Waals surface area contributed by atoms with Gasteiger partial charge in [-0.15, -0.1) is 0 Å². The average Bonchev–Trinajstić information content (AvgIpc) is 2.54. The quantitative estimate of drug-likeness (QED) is 0.910. The fourth-order valence-electron chi connectivity index (χ4n) is 2.94. The first-order valence-corrected chi connectivity index (χ1v) is 7.78. The number of benzene rings is 2. The minimum atomic E-state index is -0.723. The lowest BCUT2D eigenvalue weighted by Crippen LogP contribution is -2.21. The molecule has 0 aromatic heterocycles. The molecule has 1 atom stereocenters. The van der Waals surface area contributed by atoms with Gasteiger partial charge in [0.2, 0.25) is 5.91 Å². The van der Waals surface area contributed by atoms with Crippen LogP contribution in [0.4, 0.5) is 5.69 Å². The second-order valence-corrected chi connectivity index (χ2v) is 5.93. The first-order valence-electron chi connectivity index (χ1n) is 7.78. The van der Waals surface area contributed by atoms with E-state index in [0.29, 0.717) is 6.42 Å². The van der Waals surface area contributed by atoms with Gasteiger partial charge in [0.25, 0.3) is 0 Å². The molecule has 1 unspecified atom stereocenters. The van der Waals surface area contributed by atoms with Crippen molar-refractivity contribution in [3.05, 3.63) is 64.2 Å². The Kier molecular flexibility index (Phi) is 3.99. The van der Waals surface area contributed by atoms with Crippen molar-refractivity contribution in [3.63, 3.8) is 0 Å². The van der Waals surface area contributed by atoms with Crippen LogP contribution in [0.15, 0.2) is 36.4 Å². The number of hydrogen-bond donors (Lipinski definition) is 2. The summed E-state index contributed by atoms with van der Waals surface area (Å²) >= 11 is 0. The van der Waals surface area contributed by atoms with Crippen molar-refractivity contribution in [3.8, 4) is 0 Å². The second kappa shape index (κ2) is 5.93. The van der Waals surface area contributed by atoms with Crippen molar-refractivity contribution in [2.75, 3.05) is 5.32 Å². The molecule has 0 fully saturated rings. The van der Waals surface area contributed by atoms with E-state index in [1.165, 1.54) is 5.56 Å². The molecular formula is C19H21NO2. The van der Waals surface area contributed by atoms with E-state index in [2.05, 4.69) is 18.3 Å².